The fourth-order valence-electron chi connectivity index (χ4n) is 2.18. The van der Waals surface area contributed by atoms with E-state index in [1.165, 1.54) is 6.42 Å². The van der Waals surface area contributed by atoms with Gasteiger partial charge in [0.05, 0.1) is 0 Å². The molecule has 2 saturated carbocycles. The SMILES string of the molecule is NC1(C2CCC2)CC(F)(F)C1. The lowest BCUT2D eigenvalue weighted by Crippen LogP contribution is -2.63. The van der Waals surface area contributed by atoms with E-state index in [0.29, 0.717) is 5.92 Å². The normalized spacial score (nSPS) is 34.1. The van der Waals surface area contributed by atoms with E-state index < -0.39 is 11.5 Å². The maximum atomic E-state index is 12.5. The summed E-state index contributed by atoms with van der Waals surface area (Å²) in [6.45, 7) is 0. The zero-order valence-corrected chi connectivity index (χ0v) is 6.45. The van der Waals surface area contributed by atoms with Crippen LogP contribution in [0.15, 0.2) is 0 Å². The topological polar surface area (TPSA) is 26.0 Å². The van der Waals surface area contributed by atoms with Crippen molar-refractivity contribution in [1.82, 2.24) is 0 Å². The van der Waals surface area contributed by atoms with Gasteiger partial charge < -0.3 is 5.73 Å². The third-order valence-electron chi connectivity index (χ3n) is 3.09. The van der Waals surface area contributed by atoms with Crippen molar-refractivity contribution in [2.45, 2.75) is 43.6 Å². The second-order valence-corrected chi connectivity index (χ2v) is 4.07. The molecule has 0 aliphatic heterocycles. The summed E-state index contributed by atoms with van der Waals surface area (Å²) in [6, 6.07) is 0. The molecule has 0 heterocycles. The van der Waals surface area contributed by atoms with Gasteiger partial charge in [0.2, 0.25) is 0 Å². The Morgan fingerprint density at radius 3 is 2.00 bits per heavy atom. The average molecular weight is 161 g/mol. The van der Waals surface area contributed by atoms with Crippen molar-refractivity contribution < 1.29 is 8.78 Å². The Labute approximate surface area is 65.0 Å². The lowest BCUT2D eigenvalue weighted by Gasteiger charge is -2.52. The van der Waals surface area contributed by atoms with Gasteiger partial charge in [-0.15, -0.1) is 0 Å². The van der Waals surface area contributed by atoms with Gasteiger partial charge in [-0.05, 0) is 18.8 Å². The van der Waals surface area contributed by atoms with Crippen molar-refractivity contribution in [1.29, 1.82) is 0 Å². The molecular formula is C8H13F2N. The molecule has 0 radical (unpaired) electrons. The lowest BCUT2D eigenvalue weighted by atomic mass is 9.60. The predicted octanol–water partition coefficient (Wildman–Crippen LogP) is 1.91. The molecule has 0 aromatic rings. The van der Waals surface area contributed by atoms with Crippen LogP contribution in [0.1, 0.15) is 32.1 Å². The molecule has 0 aromatic heterocycles. The summed E-state index contributed by atoms with van der Waals surface area (Å²) >= 11 is 0. The molecule has 64 valence electrons. The summed E-state index contributed by atoms with van der Waals surface area (Å²) in [6.07, 6.45) is 3.14. The van der Waals surface area contributed by atoms with Crippen molar-refractivity contribution in [3.63, 3.8) is 0 Å². The fourth-order valence-corrected chi connectivity index (χ4v) is 2.18. The van der Waals surface area contributed by atoms with Crippen LogP contribution in [0.4, 0.5) is 8.78 Å². The molecule has 0 spiro atoms. The number of halogens is 2. The first-order chi connectivity index (χ1) is 5.02. The number of hydrogen-bond donors (Lipinski definition) is 1. The second-order valence-electron chi connectivity index (χ2n) is 4.07. The van der Waals surface area contributed by atoms with Crippen LogP contribution in [0.5, 0.6) is 0 Å². The van der Waals surface area contributed by atoms with E-state index in [-0.39, 0.29) is 12.8 Å². The molecule has 0 amide bonds. The minimum atomic E-state index is -2.45. The van der Waals surface area contributed by atoms with Gasteiger partial charge in [-0.1, -0.05) is 6.42 Å². The minimum Gasteiger partial charge on any atom is -0.324 e. The summed E-state index contributed by atoms with van der Waals surface area (Å²) in [5.74, 6) is -2.06. The van der Waals surface area contributed by atoms with Gasteiger partial charge in [-0.2, -0.15) is 0 Å². The molecule has 0 bridgehead atoms. The largest absolute Gasteiger partial charge is 0.324 e. The Hall–Kier alpha value is -0.180. The van der Waals surface area contributed by atoms with Crippen LogP contribution in [0.2, 0.25) is 0 Å². The minimum absolute atomic E-state index is 0.0787. The van der Waals surface area contributed by atoms with Crippen LogP contribution >= 0.6 is 0 Å². The molecule has 0 atom stereocenters. The standard InChI is InChI=1S/C8H13F2N/c9-8(10)4-7(11,5-8)6-2-1-3-6/h6H,1-5,11H2. The molecule has 2 fully saturated rings. The summed E-state index contributed by atoms with van der Waals surface area (Å²) in [7, 11) is 0. The molecule has 2 N–H and O–H groups in total. The third kappa shape index (κ3) is 1.06. The number of rotatable bonds is 1. The molecule has 0 unspecified atom stereocenters. The molecule has 2 aliphatic rings. The first kappa shape index (κ1) is 7.47. The van der Waals surface area contributed by atoms with Gasteiger partial charge in [0.25, 0.3) is 5.92 Å². The third-order valence-corrected chi connectivity index (χ3v) is 3.09. The van der Waals surface area contributed by atoms with E-state index in [9.17, 15) is 8.78 Å². The number of alkyl halides is 2. The van der Waals surface area contributed by atoms with E-state index in [2.05, 4.69) is 0 Å². The highest BCUT2D eigenvalue weighted by Crippen LogP contribution is 2.52. The van der Waals surface area contributed by atoms with Crippen LogP contribution < -0.4 is 5.73 Å². The molecule has 1 nitrogen and oxygen atoms in total. The maximum Gasteiger partial charge on any atom is 0.251 e. The Balaban J connectivity index is 1.94. The fraction of sp³-hybridized carbons (Fsp3) is 1.00. The first-order valence-corrected chi connectivity index (χ1v) is 4.19. The molecule has 2 aliphatic carbocycles. The second kappa shape index (κ2) is 1.94. The molecule has 0 saturated heterocycles. The van der Waals surface area contributed by atoms with Gasteiger partial charge in [-0.3, -0.25) is 0 Å². The smallest absolute Gasteiger partial charge is 0.251 e. The van der Waals surface area contributed by atoms with E-state index in [0.717, 1.165) is 12.8 Å². The highest BCUT2D eigenvalue weighted by molar-refractivity contribution is 5.08. The van der Waals surface area contributed by atoms with Gasteiger partial charge in [-0.25, -0.2) is 8.78 Å². The highest BCUT2D eigenvalue weighted by Gasteiger charge is 2.58. The Kier molecular flexibility index (Phi) is 1.32. The average Bonchev–Trinajstić information content (AvgIpc) is 1.49. The van der Waals surface area contributed by atoms with Gasteiger partial charge in [0.15, 0.2) is 0 Å². The van der Waals surface area contributed by atoms with E-state index in [1.807, 2.05) is 0 Å². The Bertz CT molecular complexity index is 167. The van der Waals surface area contributed by atoms with Gasteiger partial charge in [0.1, 0.15) is 0 Å². The van der Waals surface area contributed by atoms with Crippen LogP contribution in [0.3, 0.4) is 0 Å². The van der Waals surface area contributed by atoms with E-state index >= 15 is 0 Å². The van der Waals surface area contributed by atoms with Crippen LogP contribution in [-0.2, 0) is 0 Å². The summed E-state index contributed by atoms with van der Waals surface area (Å²) < 4.78 is 24.9. The molecule has 3 heteroatoms. The highest BCUT2D eigenvalue weighted by atomic mass is 19.3. The summed E-state index contributed by atoms with van der Waals surface area (Å²) in [4.78, 5) is 0. The molecule has 11 heavy (non-hydrogen) atoms. The number of nitrogens with two attached hydrogens (primary N) is 1. The van der Waals surface area contributed by atoms with Crippen molar-refractivity contribution >= 4 is 0 Å². The lowest BCUT2D eigenvalue weighted by molar-refractivity contribution is -0.148. The predicted molar refractivity (Wildman–Crippen MR) is 38.4 cm³/mol. The summed E-state index contributed by atoms with van der Waals surface area (Å²) in [5, 5.41) is 0. The first-order valence-electron chi connectivity index (χ1n) is 4.19. The van der Waals surface area contributed by atoms with E-state index in [4.69, 9.17) is 5.73 Å². The van der Waals surface area contributed by atoms with Crippen molar-refractivity contribution in [3.05, 3.63) is 0 Å². The maximum absolute atomic E-state index is 12.5. The zero-order chi connectivity index (χ0) is 8.11. The molecule has 0 aromatic carbocycles. The van der Waals surface area contributed by atoms with Crippen LogP contribution in [0, 0.1) is 5.92 Å². The molecular weight excluding hydrogens is 148 g/mol. The monoisotopic (exact) mass is 161 g/mol. The van der Waals surface area contributed by atoms with E-state index in [1.54, 1.807) is 0 Å². The van der Waals surface area contributed by atoms with Crippen LogP contribution in [-0.4, -0.2) is 11.5 Å². The van der Waals surface area contributed by atoms with Crippen LogP contribution in [0.25, 0.3) is 0 Å². The van der Waals surface area contributed by atoms with Crippen molar-refractivity contribution in [2.75, 3.05) is 0 Å². The van der Waals surface area contributed by atoms with Crippen molar-refractivity contribution in [2.24, 2.45) is 11.7 Å². The Morgan fingerprint density at radius 2 is 1.73 bits per heavy atom. The van der Waals surface area contributed by atoms with Gasteiger partial charge in [0, 0.05) is 18.4 Å². The quantitative estimate of drug-likeness (QED) is 0.624. The van der Waals surface area contributed by atoms with Gasteiger partial charge >= 0.3 is 0 Å². The molecule has 2 rings (SSSR count). The Morgan fingerprint density at radius 1 is 1.18 bits per heavy atom. The number of hydrogen-bond acceptors (Lipinski definition) is 1. The summed E-state index contributed by atoms with van der Waals surface area (Å²) in [5.41, 5.74) is 5.31. The zero-order valence-electron chi connectivity index (χ0n) is 6.45. The van der Waals surface area contributed by atoms with Crippen molar-refractivity contribution in [3.8, 4) is 0 Å².